The predicted molar refractivity (Wildman–Crippen MR) is 56.2 cm³/mol. The summed E-state index contributed by atoms with van der Waals surface area (Å²) in [6.45, 7) is 0. The lowest BCUT2D eigenvalue weighted by Gasteiger charge is -1.99. The molecule has 0 amide bonds. The molecule has 1 N–H and O–H groups in total. The number of carboxylic acids is 1. The monoisotopic (exact) mass is 241 g/mol. The molecule has 0 aliphatic rings. The quantitative estimate of drug-likeness (QED) is 0.381. The van der Waals surface area contributed by atoms with E-state index in [9.17, 15) is 9.18 Å². The van der Waals surface area contributed by atoms with Crippen molar-refractivity contribution in [3.63, 3.8) is 0 Å². The van der Waals surface area contributed by atoms with Crippen LogP contribution in [0.1, 0.15) is 5.56 Å². The first-order valence-electron chi connectivity index (χ1n) is 4.00. The fourth-order valence-electron chi connectivity index (χ4n) is 0.961. The van der Waals surface area contributed by atoms with Crippen LogP contribution in [-0.4, -0.2) is 11.1 Å². The Kier molecular flexibility index (Phi) is 3.88. The van der Waals surface area contributed by atoms with Crippen LogP contribution >= 0.6 is 11.6 Å². The minimum atomic E-state index is -1.42. The van der Waals surface area contributed by atoms with Crippen molar-refractivity contribution in [1.29, 1.82) is 0 Å². The standard InChI is InChI=1S/C9H5ClFN3O2/c10-8-5(2-1-3-6(8)11)4-7(9(15)16)13-14-12/h1-4H,(H,15,16)/b7-4-. The molecule has 82 valence electrons. The highest BCUT2D eigenvalue weighted by molar-refractivity contribution is 6.32. The van der Waals surface area contributed by atoms with Crippen LogP contribution in [0.2, 0.25) is 5.02 Å². The zero-order valence-electron chi connectivity index (χ0n) is 7.76. The Morgan fingerprint density at radius 3 is 2.88 bits per heavy atom. The Balaban J connectivity index is 3.28. The van der Waals surface area contributed by atoms with Gasteiger partial charge in [0.25, 0.3) is 0 Å². The van der Waals surface area contributed by atoms with Gasteiger partial charge in [0, 0.05) is 4.91 Å². The molecule has 7 heteroatoms. The van der Waals surface area contributed by atoms with Gasteiger partial charge in [-0.15, -0.1) is 0 Å². The molecule has 0 saturated carbocycles. The van der Waals surface area contributed by atoms with Gasteiger partial charge in [-0.05, 0) is 23.2 Å². The van der Waals surface area contributed by atoms with Gasteiger partial charge in [0.2, 0.25) is 0 Å². The fraction of sp³-hybridized carbons (Fsp3) is 0. The molecule has 0 aliphatic carbocycles. The van der Waals surface area contributed by atoms with Crippen LogP contribution < -0.4 is 0 Å². The van der Waals surface area contributed by atoms with Gasteiger partial charge >= 0.3 is 5.97 Å². The first-order chi connectivity index (χ1) is 7.56. The maximum absolute atomic E-state index is 13.0. The summed E-state index contributed by atoms with van der Waals surface area (Å²) in [4.78, 5) is 13.0. The molecule has 0 spiro atoms. The van der Waals surface area contributed by atoms with Crippen molar-refractivity contribution in [1.82, 2.24) is 0 Å². The van der Waals surface area contributed by atoms with Crippen LogP contribution in [0.3, 0.4) is 0 Å². The molecule has 16 heavy (non-hydrogen) atoms. The summed E-state index contributed by atoms with van der Waals surface area (Å²) in [6.07, 6.45) is 0.994. The minimum Gasteiger partial charge on any atom is -0.478 e. The number of rotatable bonds is 3. The van der Waals surface area contributed by atoms with E-state index in [0.29, 0.717) is 0 Å². The zero-order valence-corrected chi connectivity index (χ0v) is 8.52. The Morgan fingerprint density at radius 2 is 2.31 bits per heavy atom. The van der Waals surface area contributed by atoms with E-state index in [2.05, 4.69) is 10.0 Å². The lowest BCUT2D eigenvalue weighted by Crippen LogP contribution is -1.97. The van der Waals surface area contributed by atoms with E-state index in [4.69, 9.17) is 22.2 Å². The number of azide groups is 1. The third-order valence-corrected chi connectivity index (χ3v) is 2.04. The van der Waals surface area contributed by atoms with Gasteiger partial charge < -0.3 is 5.11 Å². The molecular weight excluding hydrogens is 237 g/mol. The van der Waals surface area contributed by atoms with E-state index in [1.165, 1.54) is 12.1 Å². The van der Waals surface area contributed by atoms with E-state index in [1.54, 1.807) is 0 Å². The van der Waals surface area contributed by atoms with E-state index in [1.807, 2.05) is 0 Å². The van der Waals surface area contributed by atoms with Crippen molar-refractivity contribution in [2.75, 3.05) is 0 Å². The maximum Gasteiger partial charge on any atom is 0.338 e. The van der Waals surface area contributed by atoms with E-state index in [0.717, 1.165) is 12.1 Å². The Labute approximate surface area is 94.4 Å². The zero-order chi connectivity index (χ0) is 12.1. The second-order valence-electron chi connectivity index (χ2n) is 2.67. The molecule has 1 aromatic carbocycles. The predicted octanol–water partition coefficient (Wildman–Crippen LogP) is 3.21. The third-order valence-electron chi connectivity index (χ3n) is 1.65. The molecule has 1 aromatic rings. The largest absolute Gasteiger partial charge is 0.478 e. The lowest BCUT2D eigenvalue weighted by atomic mass is 10.2. The lowest BCUT2D eigenvalue weighted by molar-refractivity contribution is -0.132. The van der Waals surface area contributed by atoms with Gasteiger partial charge in [0.1, 0.15) is 11.5 Å². The number of benzene rings is 1. The molecule has 1 rings (SSSR count). The first kappa shape index (κ1) is 12.0. The molecule has 0 atom stereocenters. The molecule has 0 radical (unpaired) electrons. The van der Waals surface area contributed by atoms with Gasteiger partial charge in [-0.3, -0.25) is 0 Å². The van der Waals surface area contributed by atoms with Crippen molar-refractivity contribution >= 4 is 23.6 Å². The normalized spacial score (nSPS) is 10.8. The topological polar surface area (TPSA) is 86.1 Å². The number of hydrogen-bond acceptors (Lipinski definition) is 2. The van der Waals surface area contributed by atoms with Gasteiger partial charge in [-0.25, -0.2) is 9.18 Å². The summed E-state index contributed by atoms with van der Waals surface area (Å²) >= 11 is 5.59. The maximum atomic E-state index is 13.0. The number of nitrogens with zero attached hydrogens (tertiary/aromatic N) is 3. The van der Waals surface area contributed by atoms with Crippen LogP contribution in [-0.2, 0) is 4.79 Å². The smallest absolute Gasteiger partial charge is 0.338 e. The van der Waals surface area contributed by atoms with Gasteiger partial charge in [0.05, 0.1) is 5.02 Å². The van der Waals surface area contributed by atoms with Gasteiger partial charge in [-0.2, -0.15) is 0 Å². The number of carbonyl (C=O) groups is 1. The van der Waals surface area contributed by atoms with E-state index < -0.39 is 17.5 Å². The van der Waals surface area contributed by atoms with Crippen LogP contribution in [0.25, 0.3) is 16.5 Å². The van der Waals surface area contributed by atoms with E-state index in [-0.39, 0.29) is 10.6 Å². The van der Waals surface area contributed by atoms with Gasteiger partial charge in [0.15, 0.2) is 0 Å². The second-order valence-corrected chi connectivity index (χ2v) is 3.05. The number of halogens is 2. The number of carboxylic acid groups (broad SMARTS) is 1. The molecule has 5 nitrogen and oxygen atoms in total. The van der Waals surface area contributed by atoms with Crippen LogP contribution in [0.4, 0.5) is 4.39 Å². The van der Waals surface area contributed by atoms with Crippen LogP contribution in [0.5, 0.6) is 0 Å². The molecule has 0 fully saturated rings. The molecule has 0 bridgehead atoms. The summed E-state index contributed by atoms with van der Waals surface area (Å²) in [6, 6.07) is 3.90. The molecule has 0 heterocycles. The average molecular weight is 242 g/mol. The molecule has 0 unspecified atom stereocenters. The third kappa shape index (κ3) is 2.73. The summed E-state index contributed by atoms with van der Waals surface area (Å²) in [5, 5.41) is 11.4. The summed E-state index contributed by atoms with van der Waals surface area (Å²) in [5.41, 5.74) is 7.71. The van der Waals surface area contributed by atoms with Crippen molar-refractivity contribution in [3.8, 4) is 0 Å². The average Bonchev–Trinajstić information content (AvgIpc) is 2.23. The molecule has 0 aromatic heterocycles. The van der Waals surface area contributed by atoms with Crippen LogP contribution in [0.15, 0.2) is 29.0 Å². The SMILES string of the molecule is [N-]=[N+]=N/C(=C\c1cccc(F)c1Cl)C(=O)O. The Hall–Kier alpha value is -2.04. The van der Waals surface area contributed by atoms with Gasteiger partial charge in [-0.1, -0.05) is 28.8 Å². The molecule has 0 saturated heterocycles. The van der Waals surface area contributed by atoms with Crippen molar-refractivity contribution in [2.45, 2.75) is 0 Å². The summed E-state index contributed by atoms with van der Waals surface area (Å²) < 4.78 is 13.0. The summed E-state index contributed by atoms with van der Waals surface area (Å²) in [7, 11) is 0. The summed E-state index contributed by atoms with van der Waals surface area (Å²) in [5.74, 6) is -2.10. The number of aliphatic carboxylic acids is 1. The Bertz CT molecular complexity index is 505. The van der Waals surface area contributed by atoms with Crippen molar-refractivity contribution in [2.24, 2.45) is 5.11 Å². The van der Waals surface area contributed by atoms with Crippen molar-refractivity contribution < 1.29 is 14.3 Å². The number of hydrogen-bond donors (Lipinski definition) is 1. The molecular formula is C9H5ClFN3O2. The first-order valence-corrected chi connectivity index (χ1v) is 4.38. The highest BCUT2D eigenvalue weighted by Gasteiger charge is 2.08. The van der Waals surface area contributed by atoms with Crippen molar-refractivity contribution in [3.05, 3.63) is 50.7 Å². The fourth-order valence-corrected chi connectivity index (χ4v) is 1.14. The van der Waals surface area contributed by atoms with E-state index >= 15 is 0 Å². The highest BCUT2D eigenvalue weighted by Crippen LogP contribution is 2.22. The second kappa shape index (κ2) is 5.16. The molecule has 0 aliphatic heterocycles. The Morgan fingerprint density at radius 1 is 1.62 bits per heavy atom. The van der Waals surface area contributed by atoms with Crippen LogP contribution in [0, 0.1) is 5.82 Å². The highest BCUT2D eigenvalue weighted by atomic mass is 35.5. The minimum absolute atomic E-state index is 0.131.